The molecule has 0 saturated heterocycles. The van der Waals surface area contributed by atoms with Gasteiger partial charge in [-0.3, -0.25) is 0 Å². The Morgan fingerprint density at radius 1 is 1.11 bits per heavy atom. The Morgan fingerprint density at radius 2 is 1.74 bits per heavy atom. The molecule has 0 aliphatic carbocycles. The number of amides is 1. The highest BCUT2D eigenvalue weighted by molar-refractivity contribution is 5.80. The number of hydrogen-bond acceptors (Lipinski definition) is 3. The highest BCUT2D eigenvalue weighted by atomic mass is 19.2. The Morgan fingerprint density at radius 3 is 2.30 bits per heavy atom. The molecule has 7 heteroatoms. The van der Waals surface area contributed by atoms with Crippen LogP contribution in [0.15, 0.2) is 42.5 Å². The van der Waals surface area contributed by atoms with Crippen molar-refractivity contribution in [1.82, 2.24) is 5.32 Å². The molecule has 0 aliphatic rings. The van der Waals surface area contributed by atoms with Gasteiger partial charge in [0, 0.05) is 12.0 Å². The third-order valence-electron chi connectivity index (χ3n) is 3.65. The second kappa shape index (κ2) is 8.16. The third-order valence-corrected chi connectivity index (χ3v) is 3.65. The molecule has 144 valence electrons. The number of rotatable bonds is 5. The zero-order valence-corrected chi connectivity index (χ0v) is 15.3. The van der Waals surface area contributed by atoms with Crippen LogP contribution in [0.3, 0.4) is 0 Å². The fourth-order valence-corrected chi connectivity index (χ4v) is 2.43. The van der Waals surface area contributed by atoms with Crippen molar-refractivity contribution in [2.24, 2.45) is 0 Å². The summed E-state index contributed by atoms with van der Waals surface area (Å²) in [5, 5.41) is 11.6. The average molecular weight is 377 g/mol. The minimum Gasteiger partial charge on any atom is -0.480 e. The highest BCUT2D eigenvalue weighted by Crippen LogP contribution is 2.25. The summed E-state index contributed by atoms with van der Waals surface area (Å²) in [6, 6.07) is 9.06. The number of carboxylic acid groups (broad SMARTS) is 1. The molecule has 0 bridgehead atoms. The Kier molecular flexibility index (Phi) is 6.15. The molecule has 2 N–H and O–H groups in total. The van der Waals surface area contributed by atoms with E-state index in [-0.39, 0.29) is 12.0 Å². The van der Waals surface area contributed by atoms with E-state index in [1.54, 1.807) is 45.0 Å². The average Bonchev–Trinajstić information content (AvgIpc) is 2.56. The quantitative estimate of drug-likeness (QED) is 0.821. The molecule has 0 heterocycles. The number of ether oxygens (including phenoxy) is 1. The van der Waals surface area contributed by atoms with E-state index >= 15 is 0 Å². The Hall–Kier alpha value is -2.96. The van der Waals surface area contributed by atoms with Crippen molar-refractivity contribution in [2.75, 3.05) is 0 Å². The lowest BCUT2D eigenvalue weighted by Gasteiger charge is -2.22. The Balaban J connectivity index is 2.12. The monoisotopic (exact) mass is 377 g/mol. The molecule has 0 unspecified atom stereocenters. The maximum atomic E-state index is 13.9. The summed E-state index contributed by atoms with van der Waals surface area (Å²) >= 11 is 0. The molecule has 2 rings (SSSR count). The molecule has 27 heavy (non-hydrogen) atoms. The predicted octanol–water partition coefficient (Wildman–Crippen LogP) is 4.15. The molecular formula is C20H21F2NO4. The van der Waals surface area contributed by atoms with Gasteiger partial charge in [0.25, 0.3) is 0 Å². The molecule has 5 nitrogen and oxygen atoms in total. The summed E-state index contributed by atoms with van der Waals surface area (Å²) < 4.78 is 32.3. The summed E-state index contributed by atoms with van der Waals surface area (Å²) in [4.78, 5) is 23.2. The fourth-order valence-electron chi connectivity index (χ4n) is 2.43. The molecular weight excluding hydrogens is 356 g/mol. The van der Waals surface area contributed by atoms with Gasteiger partial charge in [0.15, 0.2) is 11.6 Å². The van der Waals surface area contributed by atoms with Gasteiger partial charge in [-0.1, -0.05) is 36.4 Å². The van der Waals surface area contributed by atoms with E-state index in [0.29, 0.717) is 11.1 Å². The first-order valence-corrected chi connectivity index (χ1v) is 8.32. The van der Waals surface area contributed by atoms with Gasteiger partial charge in [0.1, 0.15) is 11.6 Å². The normalized spacial score (nSPS) is 12.3. The van der Waals surface area contributed by atoms with Crippen LogP contribution in [-0.2, 0) is 16.0 Å². The number of alkyl carbamates (subject to hydrolysis) is 1. The topological polar surface area (TPSA) is 75.6 Å². The first-order chi connectivity index (χ1) is 12.6. The van der Waals surface area contributed by atoms with Crippen LogP contribution in [0.2, 0.25) is 0 Å². The minimum atomic E-state index is -1.21. The molecule has 0 aliphatic heterocycles. The maximum Gasteiger partial charge on any atom is 0.408 e. The smallest absolute Gasteiger partial charge is 0.408 e. The summed E-state index contributed by atoms with van der Waals surface area (Å²) in [6.45, 7) is 5.02. The van der Waals surface area contributed by atoms with Crippen molar-refractivity contribution in [3.8, 4) is 11.1 Å². The van der Waals surface area contributed by atoms with Crippen molar-refractivity contribution in [1.29, 1.82) is 0 Å². The molecule has 2 aromatic carbocycles. The summed E-state index contributed by atoms with van der Waals surface area (Å²) in [5.74, 6) is -3.09. The lowest BCUT2D eigenvalue weighted by molar-refractivity contribution is -0.139. The zero-order chi connectivity index (χ0) is 20.2. The van der Waals surface area contributed by atoms with E-state index in [4.69, 9.17) is 4.74 Å². The molecule has 2 aromatic rings. The van der Waals surface area contributed by atoms with E-state index in [9.17, 15) is 23.5 Å². The van der Waals surface area contributed by atoms with Gasteiger partial charge in [-0.15, -0.1) is 0 Å². The third kappa shape index (κ3) is 5.77. The van der Waals surface area contributed by atoms with Crippen molar-refractivity contribution >= 4 is 12.1 Å². The number of carboxylic acids is 1. The minimum absolute atomic E-state index is 0.0144. The maximum absolute atomic E-state index is 13.9. The Bertz CT molecular complexity index is 829. The van der Waals surface area contributed by atoms with E-state index in [0.717, 1.165) is 6.07 Å². The van der Waals surface area contributed by atoms with Crippen molar-refractivity contribution in [3.05, 3.63) is 59.7 Å². The SMILES string of the molecule is CC(C)(C)OC(=O)N[C@@H](Cc1ccc(-c2cccc(F)c2F)cc1)C(=O)O. The molecule has 0 saturated carbocycles. The van der Waals surface area contributed by atoms with Crippen LogP contribution in [0.25, 0.3) is 11.1 Å². The lowest BCUT2D eigenvalue weighted by Crippen LogP contribution is -2.44. The van der Waals surface area contributed by atoms with Gasteiger partial charge in [-0.05, 0) is 38.0 Å². The van der Waals surface area contributed by atoms with Crippen molar-refractivity contribution in [2.45, 2.75) is 38.8 Å². The van der Waals surface area contributed by atoms with E-state index in [1.807, 2.05) is 0 Å². The molecule has 1 amide bonds. The van der Waals surface area contributed by atoms with Crippen LogP contribution >= 0.6 is 0 Å². The number of aliphatic carboxylic acids is 1. The second-order valence-electron chi connectivity index (χ2n) is 7.04. The van der Waals surface area contributed by atoms with Crippen LogP contribution in [-0.4, -0.2) is 28.8 Å². The zero-order valence-electron chi connectivity index (χ0n) is 15.3. The van der Waals surface area contributed by atoms with Crippen LogP contribution in [0.1, 0.15) is 26.3 Å². The highest BCUT2D eigenvalue weighted by Gasteiger charge is 2.24. The van der Waals surface area contributed by atoms with Gasteiger partial charge in [0.2, 0.25) is 0 Å². The first-order valence-electron chi connectivity index (χ1n) is 8.32. The standard InChI is InChI=1S/C20H21F2NO4/c1-20(2,3)27-19(26)23-16(18(24)25)11-12-7-9-13(10-8-12)14-5-4-6-15(21)17(14)22/h4-10,16H,11H2,1-3H3,(H,23,26)(H,24,25)/t16-/m0/s1. The van der Waals surface area contributed by atoms with Crippen LogP contribution in [0, 0.1) is 11.6 Å². The van der Waals surface area contributed by atoms with Gasteiger partial charge < -0.3 is 15.2 Å². The van der Waals surface area contributed by atoms with Crippen LogP contribution < -0.4 is 5.32 Å². The van der Waals surface area contributed by atoms with Crippen LogP contribution in [0.4, 0.5) is 13.6 Å². The molecule has 0 radical (unpaired) electrons. The predicted molar refractivity (Wildman–Crippen MR) is 96.3 cm³/mol. The first kappa shape index (κ1) is 20.4. The number of halogens is 2. The van der Waals surface area contributed by atoms with Crippen LogP contribution in [0.5, 0.6) is 0 Å². The van der Waals surface area contributed by atoms with E-state index < -0.39 is 35.3 Å². The van der Waals surface area contributed by atoms with Gasteiger partial charge in [-0.2, -0.15) is 0 Å². The summed E-state index contributed by atoms with van der Waals surface area (Å²) in [7, 11) is 0. The second-order valence-corrected chi connectivity index (χ2v) is 7.04. The molecule has 0 fully saturated rings. The van der Waals surface area contributed by atoms with Crippen molar-refractivity contribution in [3.63, 3.8) is 0 Å². The van der Waals surface area contributed by atoms with E-state index in [2.05, 4.69) is 5.32 Å². The summed E-state index contributed by atoms with van der Waals surface area (Å²) in [5.41, 5.74) is 0.439. The molecule has 0 aromatic heterocycles. The number of carbonyl (C=O) groups is 2. The van der Waals surface area contributed by atoms with Gasteiger partial charge in [0.05, 0.1) is 0 Å². The largest absolute Gasteiger partial charge is 0.480 e. The number of nitrogens with one attached hydrogen (secondary N) is 1. The molecule has 0 spiro atoms. The fraction of sp³-hybridized carbons (Fsp3) is 0.300. The number of carbonyl (C=O) groups excluding carboxylic acids is 1. The Labute approximate surface area is 156 Å². The lowest BCUT2D eigenvalue weighted by atomic mass is 10.00. The van der Waals surface area contributed by atoms with Gasteiger partial charge >= 0.3 is 12.1 Å². The molecule has 1 atom stereocenters. The summed E-state index contributed by atoms with van der Waals surface area (Å²) in [6.07, 6.45) is -0.811. The number of hydrogen-bond donors (Lipinski definition) is 2. The number of benzene rings is 2. The van der Waals surface area contributed by atoms with E-state index in [1.165, 1.54) is 12.1 Å². The van der Waals surface area contributed by atoms with Gasteiger partial charge in [-0.25, -0.2) is 18.4 Å². The van der Waals surface area contributed by atoms with Crippen molar-refractivity contribution < 1.29 is 28.2 Å².